The molecule has 3 aromatic rings. The Hall–Kier alpha value is -3.60. The molecule has 33 heavy (non-hydrogen) atoms. The van der Waals surface area contributed by atoms with Crippen molar-refractivity contribution in [2.75, 3.05) is 11.4 Å². The molecular weight excluding hydrogens is 412 g/mol. The highest BCUT2D eigenvalue weighted by Crippen LogP contribution is 2.35. The van der Waals surface area contributed by atoms with E-state index in [-0.39, 0.29) is 24.3 Å². The Kier molecular flexibility index (Phi) is 7.40. The van der Waals surface area contributed by atoms with Crippen molar-refractivity contribution >= 4 is 23.3 Å². The fraction of sp³-hybridized carbons (Fsp3) is 0.286. The first kappa shape index (κ1) is 22.6. The normalized spacial score (nSPS) is 14.5. The average molecular weight is 443 g/mol. The van der Waals surface area contributed by atoms with Gasteiger partial charge in [-0.1, -0.05) is 73.5 Å². The van der Waals surface area contributed by atoms with Crippen LogP contribution in [0.3, 0.4) is 0 Å². The highest BCUT2D eigenvalue weighted by Gasteiger charge is 2.27. The van der Waals surface area contributed by atoms with Crippen molar-refractivity contribution in [1.82, 2.24) is 5.32 Å². The zero-order chi connectivity index (χ0) is 23.0. The Balaban J connectivity index is 1.72. The topological polar surface area (TPSA) is 69.6 Å². The first-order chi connectivity index (χ1) is 16.1. The number of hydrogen-bond donors (Lipinski definition) is 2. The number of hydrogen-bond acceptors (Lipinski definition) is 3. The first-order valence-electron chi connectivity index (χ1n) is 11.6. The van der Waals surface area contributed by atoms with Gasteiger partial charge in [0.2, 0.25) is 5.91 Å². The molecule has 1 atom stereocenters. The molecule has 1 unspecified atom stereocenters. The number of benzene rings is 3. The number of amides is 1. The Bertz CT molecular complexity index is 1060. The van der Waals surface area contributed by atoms with Gasteiger partial charge < -0.3 is 15.3 Å². The summed E-state index contributed by atoms with van der Waals surface area (Å²) in [5.41, 5.74) is 3.69. The van der Waals surface area contributed by atoms with Crippen molar-refractivity contribution in [3.05, 3.63) is 96.1 Å². The molecule has 3 aromatic carbocycles. The molecular formula is C28H30N2O3. The van der Waals surface area contributed by atoms with E-state index in [0.717, 1.165) is 48.2 Å². The summed E-state index contributed by atoms with van der Waals surface area (Å²) in [5.74, 6) is -0.631. The highest BCUT2D eigenvalue weighted by atomic mass is 16.4. The maximum atomic E-state index is 12.9. The van der Waals surface area contributed by atoms with Crippen molar-refractivity contribution in [2.24, 2.45) is 5.92 Å². The predicted octanol–water partition coefficient (Wildman–Crippen LogP) is 5.50. The minimum absolute atomic E-state index is 0.0368. The number of carboxylic acid groups (broad SMARTS) is 1. The van der Waals surface area contributed by atoms with E-state index in [2.05, 4.69) is 22.3 Å². The van der Waals surface area contributed by atoms with Crippen LogP contribution < -0.4 is 10.2 Å². The molecule has 0 radical (unpaired) electrons. The van der Waals surface area contributed by atoms with E-state index in [0.29, 0.717) is 6.54 Å². The summed E-state index contributed by atoms with van der Waals surface area (Å²) in [7, 11) is 0. The van der Waals surface area contributed by atoms with E-state index in [1.54, 1.807) is 0 Å². The summed E-state index contributed by atoms with van der Waals surface area (Å²) in [5, 5.41) is 12.5. The van der Waals surface area contributed by atoms with Crippen LogP contribution in [0.1, 0.15) is 42.9 Å². The molecule has 1 fully saturated rings. The summed E-state index contributed by atoms with van der Waals surface area (Å²) in [6.45, 7) is 0.456. The Morgan fingerprint density at radius 2 is 1.52 bits per heavy atom. The quantitative estimate of drug-likeness (QED) is 0.459. The minimum atomic E-state index is -0.859. The summed E-state index contributed by atoms with van der Waals surface area (Å²) in [6, 6.07) is 27.7. The molecule has 1 aliphatic carbocycles. The third-order valence-electron chi connectivity index (χ3n) is 6.27. The number of rotatable bonds is 9. The van der Waals surface area contributed by atoms with E-state index < -0.39 is 5.97 Å². The molecule has 170 valence electrons. The van der Waals surface area contributed by atoms with Crippen LogP contribution in [0.5, 0.6) is 0 Å². The maximum Gasteiger partial charge on any atom is 0.307 e. The summed E-state index contributed by atoms with van der Waals surface area (Å²) in [4.78, 5) is 26.4. The lowest BCUT2D eigenvalue weighted by atomic mass is 10.0. The monoisotopic (exact) mass is 442 g/mol. The lowest BCUT2D eigenvalue weighted by Gasteiger charge is -2.35. The number of aliphatic carboxylic acids is 1. The number of nitrogens with one attached hydrogen (secondary N) is 1. The zero-order valence-corrected chi connectivity index (χ0v) is 18.7. The number of anilines is 2. The number of carbonyl (C=O) groups is 2. The molecule has 4 rings (SSSR count). The van der Waals surface area contributed by atoms with Crippen LogP contribution in [-0.4, -0.2) is 23.5 Å². The molecule has 5 nitrogen and oxygen atoms in total. The van der Waals surface area contributed by atoms with Crippen LogP contribution in [0.2, 0.25) is 0 Å². The van der Waals surface area contributed by atoms with E-state index in [9.17, 15) is 14.7 Å². The van der Waals surface area contributed by atoms with Crippen LogP contribution in [0, 0.1) is 5.92 Å². The maximum absolute atomic E-state index is 12.9. The summed E-state index contributed by atoms with van der Waals surface area (Å²) >= 11 is 0. The molecule has 5 heteroatoms. The van der Waals surface area contributed by atoms with Gasteiger partial charge in [0.15, 0.2) is 0 Å². The molecule has 0 spiro atoms. The molecule has 0 aliphatic heterocycles. The van der Waals surface area contributed by atoms with Crippen LogP contribution in [0.25, 0.3) is 0 Å². The second-order valence-corrected chi connectivity index (χ2v) is 8.60. The fourth-order valence-electron chi connectivity index (χ4n) is 4.65. The Morgan fingerprint density at radius 1 is 0.879 bits per heavy atom. The molecule has 0 aromatic heterocycles. The van der Waals surface area contributed by atoms with Crippen LogP contribution in [0.4, 0.5) is 11.4 Å². The summed E-state index contributed by atoms with van der Waals surface area (Å²) in [6.07, 6.45) is 4.12. The second kappa shape index (κ2) is 10.8. The molecule has 2 N–H and O–H groups in total. The van der Waals surface area contributed by atoms with Gasteiger partial charge in [0, 0.05) is 23.8 Å². The SMILES string of the molecule is O=C(O)Cc1cccc(N(c2ccccc2)C(CNC(=O)C2CCCC2)c2ccccc2)c1. The van der Waals surface area contributed by atoms with Crippen molar-refractivity contribution in [1.29, 1.82) is 0 Å². The first-order valence-corrected chi connectivity index (χ1v) is 11.6. The van der Waals surface area contributed by atoms with Gasteiger partial charge in [-0.2, -0.15) is 0 Å². The predicted molar refractivity (Wildman–Crippen MR) is 131 cm³/mol. The molecule has 1 aliphatic rings. The van der Waals surface area contributed by atoms with Crippen molar-refractivity contribution < 1.29 is 14.7 Å². The third-order valence-corrected chi connectivity index (χ3v) is 6.27. The smallest absolute Gasteiger partial charge is 0.307 e. The van der Waals surface area contributed by atoms with E-state index in [1.165, 1.54) is 0 Å². The van der Waals surface area contributed by atoms with Gasteiger partial charge in [0.25, 0.3) is 0 Å². The van der Waals surface area contributed by atoms with Gasteiger partial charge in [-0.15, -0.1) is 0 Å². The average Bonchev–Trinajstić information content (AvgIpc) is 3.38. The zero-order valence-electron chi connectivity index (χ0n) is 18.7. The van der Waals surface area contributed by atoms with Gasteiger partial charge >= 0.3 is 5.97 Å². The van der Waals surface area contributed by atoms with Crippen LogP contribution >= 0.6 is 0 Å². The van der Waals surface area contributed by atoms with Crippen molar-refractivity contribution in [3.8, 4) is 0 Å². The van der Waals surface area contributed by atoms with Crippen LogP contribution in [-0.2, 0) is 16.0 Å². The Morgan fingerprint density at radius 3 is 2.18 bits per heavy atom. The number of carbonyl (C=O) groups excluding carboxylic acids is 1. The fourth-order valence-corrected chi connectivity index (χ4v) is 4.65. The van der Waals surface area contributed by atoms with Gasteiger partial charge in [-0.05, 0) is 48.2 Å². The van der Waals surface area contributed by atoms with Crippen LogP contribution in [0.15, 0.2) is 84.9 Å². The molecule has 0 saturated heterocycles. The molecule has 0 bridgehead atoms. The molecule has 1 amide bonds. The lowest BCUT2D eigenvalue weighted by molar-refractivity contribution is -0.136. The van der Waals surface area contributed by atoms with Crippen molar-refractivity contribution in [3.63, 3.8) is 0 Å². The molecule has 0 heterocycles. The Labute approximate surface area is 195 Å². The number of carboxylic acids is 1. The summed E-state index contributed by atoms with van der Waals surface area (Å²) < 4.78 is 0. The van der Waals surface area contributed by atoms with Gasteiger partial charge in [0.05, 0.1) is 12.5 Å². The van der Waals surface area contributed by atoms with Crippen molar-refractivity contribution in [2.45, 2.75) is 38.1 Å². The standard InChI is InChI=1S/C28H30N2O3/c31-27(32)19-21-10-9-17-25(18-21)30(24-15-5-2-6-16-24)26(22-11-3-1-4-12-22)20-29-28(33)23-13-7-8-14-23/h1-6,9-12,15-18,23,26H,7-8,13-14,19-20H2,(H,29,33)(H,31,32). The highest BCUT2D eigenvalue weighted by molar-refractivity contribution is 5.79. The number of nitrogens with zero attached hydrogens (tertiary/aromatic N) is 1. The van der Waals surface area contributed by atoms with E-state index in [1.807, 2.05) is 72.8 Å². The van der Waals surface area contributed by atoms with Gasteiger partial charge in [-0.3, -0.25) is 9.59 Å². The van der Waals surface area contributed by atoms with E-state index >= 15 is 0 Å². The van der Waals surface area contributed by atoms with E-state index in [4.69, 9.17) is 0 Å². The molecule has 1 saturated carbocycles. The second-order valence-electron chi connectivity index (χ2n) is 8.60. The van der Waals surface area contributed by atoms with Gasteiger partial charge in [0.1, 0.15) is 0 Å². The minimum Gasteiger partial charge on any atom is -0.481 e. The number of para-hydroxylation sites is 1. The largest absolute Gasteiger partial charge is 0.481 e. The third kappa shape index (κ3) is 5.80. The van der Waals surface area contributed by atoms with Gasteiger partial charge in [-0.25, -0.2) is 0 Å². The lowest BCUT2D eigenvalue weighted by Crippen LogP contribution is -2.38.